The zero-order valence-electron chi connectivity index (χ0n) is 13.6. The summed E-state index contributed by atoms with van der Waals surface area (Å²) in [7, 11) is 1.41. The van der Waals surface area contributed by atoms with Gasteiger partial charge in [-0.05, 0) is 35.6 Å². The van der Waals surface area contributed by atoms with Crippen LogP contribution in [-0.2, 0) is 0 Å². The number of para-hydroxylation sites is 1. The average Bonchev–Trinajstić information content (AvgIpc) is 3.11. The number of nitro benzene ring substituents is 1. The number of nitrogens with zero attached hydrogens (tertiary/aromatic N) is 1. The molecule has 2 aliphatic rings. The number of anilines is 1. The summed E-state index contributed by atoms with van der Waals surface area (Å²) in [6.45, 7) is 0. The van der Waals surface area contributed by atoms with Crippen LogP contribution >= 0.6 is 0 Å². The fraction of sp³-hybridized carbons (Fsp3) is 0.263. The van der Waals surface area contributed by atoms with Crippen LogP contribution in [0.3, 0.4) is 0 Å². The first-order chi connectivity index (χ1) is 12.1. The number of rotatable bonds is 3. The molecule has 2 aromatic rings. The second kappa shape index (κ2) is 5.88. The summed E-state index contributed by atoms with van der Waals surface area (Å²) in [6.07, 6.45) is 5.05. The third-order valence-electron chi connectivity index (χ3n) is 5.10. The van der Waals surface area contributed by atoms with Gasteiger partial charge in [-0.25, -0.2) is 4.39 Å². The number of allylic oxidation sites excluding steroid dienone is 2. The van der Waals surface area contributed by atoms with E-state index in [0.29, 0.717) is 5.69 Å². The molecule has 2 aromatic carbocycles. The molecular formula is C19H17FN2O3. The summed E-state index contributed by atoms with van der Waals surface area (Å²) in [5.41, 5.74) is 2.11. The minimum Gasteiger partial charge on any atom is -0.490 e. The van der Waals surface area contributed by atoms with E-state index in [1.54, 1.807) is 12.1 Å². The highest BCUT2D eigenvalue weighted by Gasteiger charge is 2.39. The molecule has 1 heterocycles. The van der Waals surface area contributed by atoms with E-state index in [1.807, 2.05) is 12.1 Å². The molecular weight excluding hydrogens is 323 g/mol. The Morgan fingerprint density at radius 2 is 2.16 bits per heavy atom. The maximum Gasteiger partial charge on any atom is 0.311 e. The smallest absolute Gasteiger partial charge is 0.311 e. The third kappa shape index (κ3) is 2.45. The lowest BCUT2D eigenvalue weighted by molar-refractivity contribution is -0.385. The van der Waals surface area contributed by atoms with Gasteiger partial charge < -0.3 is 10.1 Å². The summed E-state index contributed by atoms with van der Waals surface area (Å²) in [5, 5.41) is 14.6. The van der Waals surface area contributed by atoms with Crippen molar-refractivity contribution in [3.05, 3.63) is 75.6 Å². The Kier molecular flexibility index (Phi) is 3.67. The standard InChI is InChI=1S/C19H17FN2O3/c1-25-17-9-8-11(10-16(17)22(23)24)18-13-5-2-4-12(13)14-6-3-7-15(20)19(14)21-18/h2-4,6-10,12-13,18,21H,5H2,1H3/t12-,13-,18-/m1/s1. The summed E-state index contributed by atoms with van der Waals surface area (Å²) in [6, 6.07) is 9.82. The molecule has 0 spiro atoms. The Hall–Kier alpha value is -2.89. The first-order valence-electron chi connectivity index (χ1n) is 8.14. The van der Waals surface area contributed by atoms with Crippen LogP contribution < -0.4 is 10.1 Å². The Morgan fingerprint density at radius 3 is 2.92 bits per heavy atom. The summed E-state index contributed by atoms with van der Waals surface area (Å²) >= 11 is 0. The van der Waals surface area contributed by atoms with Gasteiger partial charge in [-0.2, -0.15) is 0 Å². The van der Waals surface area contributed by atoms with E-state index in [1.165, 1.54) is 19.2 Å². The van der Waals surface area contributed by atoms with Crippen LogP contribution in [0.15, 0.2) is 48.6 Å². The van der Waals surface area contributed by atoms with Crippen LogP contribution in [0, 0.1) is 21.8 Å². The molecule has 1 aliphatic carbocycles. The van der Waals surface area contributed by atoms with Gasteiger partial charge in [0, 0.05) is 12.0 Å². The van der Waals surface area contributed by atoms with Crippen molar-refractivity contribution < 1.29 is 14.1 Å². The van der Waals surface area contributed by atoms with Crippen molar-refractivity contribution in [1.82, 2.24) is 0 Å². The number of hydrogen-bond donors (Lipinski definition) is 1. The van der Waals surface area contributed by atoms with Crippen LogP contribution in [0.1, 0.15) is 29.5 Å². The lowest BCUT2D eigenvalue weighted by Crippen LogP contribution is -2.29. The second-order valence-corrected chi connectivity index (χ2v) is 6.37. The average molecular weight is 340 g/mol. The molecule has 1 aliphatic heterocycles. The highest BCUT2D eigenvalue weighted by Crippen LogP contribution is 2.50. The molecule has 0 amide bonds. The molecule has 3 atom stereocenters. The molecule has 0 saturated carbocycles. The van der Waals surface area contributed by atoms with Crippen LogP contribution in [0.5, 0.6) is 5.75 Å². The van der Waals surface area contributed by atoms with Crippen LogP contribution in [0.25, 0.3) is 0 Å². The second-order valence-electron chi connectivity index (χ2n) is 6.37. The van der Waals surface area contributed by atoms with Gasteiger partial charge in [-0.3, -0.25) is 10.1 Å². The van der Waals surface area contributed by atoms with Crippen LogP contribution in [0.2, 0.25) is 0 Å². The third-order valence-corrected chi connectivity index (χ3v) is 5.10. The van der Waals surface area contributed by atoms with Crippen molar-refractivity contribution in [3.63, 3.8) is 0 Å². The normalized spacial score (nSPS) is 23.5. The molecule has 6 heteroatoms. The minimum atomic E-state index is -0.454. The zero-order chi connectivity index (χ0) is 17.6. The van der Waals surface area contributed by atoms with Gasteiger partial charge >= 0.3 is 5.69 Å². The van der Waals surface area contributed by atoms with Crippen molar-refractivity contribution in [3.8, 4) is 5.75 Å². The van der Waals surface area contributed by atoms with Gasteiger partial charge in [0.1, 0.15) is 5.82 Å². The number of nitrogens with one attached hydrogen (secondary N) is 1. The van der Waals surface area contributed by atoms with Gasteiger partial charge in [-0.1, -0.05) is 30.4 Å². The number of halogens is 1. The predicted molar refractivity (Wildman–Crippen MR) is 92.4 cm³/mol. The highest BCUT2D eigenvalue weighted by atomic mass is 19.1. The first kappa shape index (κ1) is 15.6. The van der Waals surface area contributed by atoms with Gasteiger partial charge in [0.15, 0.2) is 5.75 Å². The van der Waals surface area contributed by atoms with E-state index in [-0.39, 0.29) is 35.1 Å². The van der Waals surface area contributed by atoms with E-state index in [0.717, 1.165) is 17.5 Å². The first-order valence-corrected chi connectivity index (χ1v) is 8.14. The number of benzene rings is 2. The molecule has 0 radical (unpaired) electrons. The number of ether oxygens (including phenoxy) is 1. The van der Waals surface area contributed by atoms with Crippen molar-refractivity contribution in [2.75, 3.05) is 12.4 Å². The number of methoxy groups -OCH3 is 1. The minimum absolute atomic E-state index is 0.0800. The topological polar surface area (TPSA) is 64.4 Å². The molecule has 25 heavy (non-hydrogen) atoms. The Balaban J connectivity index is 1.80. The fourth-order valence-corrected chi connectivity index (χ4v) is 3.96. The van der Waals surface area contributed by atoms with Gasteiger partial charge in [-0.15, -0.1) is 0 Å². The van der Waals surface area contributed by atoms with Gasteiger partial charge in [0.05, 0.1) is 23.8 Å². The monoisotopic (exact) mass is 340 g/mol. The highest BCUT2D eigenvalue weighted by molar-refractivity contribution is 5.61. The summed E-state index contributed by atoms with van der Waals surface area (Å²) in [4.78, 5) is 10.9. The molecule has 0 bridgehead atoms. The molecule has 5 nitrogen and oxygen atoms in total. The van der Waals surface area contributed by atoms with E-state index in [9.17, 15) is 14.5 Å². The van der Waals surface area contributed by atoms with E-state index in [4.69, 9.17) is 4.74 Å². The largest absolute Gasteiger partial charge is 0.490 e. The summed E-state index contributed by atoms with van der Waals surface area (Å²) in [5.74, 6) is 0.224. The molecule has 0 aromatic heterocycles. The van der Waals surface area contributed by atoms with Gasteiger partial charge in [0.25, 0.3) is 0 Å². The Morgan fingerprint density at radius 1 is 1.32 bits per heavy atom. The predicted octanol–water partition coefficient (Wildman–Crippen LogP) is 4.57. The summed E-state index contributed by atoms with van der Waals surface area (Å²) < 4.78 is 19.4. The molecule has 0 unspecified atom stereocenters. The SMILES string of the molecule is COc1ccc([C@H]2Nc3c(F)cccc3[C@@H]3C=CC[C@@H]23)cc1[N+](=O)[O-]. The van der Waals surface area contributed by atoms with Gasteiger partial charge in [0.2, 0.25) is 0 Å². The van der Waals surface area contributed by atoms with Crippen molar-refractivity contribution in [2.24, 2.45) is 5.92 Å². The fourth-order valence-electron chi connectivity index (χ4n) is 3.96. The van der Waals surface area contributed by atoms with E-state index in [2.05, 4.69) is 17.5 Å². The molecule has 0 fully saturated rings. The number of fused-ring (bicyclic) bond motifs is 3. The number of hydrogen-bond acceptors (Lipinski definition) is 4. The Labute approximate surface area is 144 Å². The lowest BCUT2D eigenvalue weighted by Gasteiger charge is -2.37. The maximum absolute atomic E-state index is 14.3. The number of nitro groups is 1. The maximum atomic E-state index is 14.3. The molecule has 0 saturated heterocycles. The molecule has 4 rings (SSSR count). The van der Waals surface area contributed by atoms with Crippen LogP contribution in [-0.4, -0.2) is 12.0 Å². The van der Waals surface area contributed by atoms with Crippen molar-refractivity contribution >= 4 is 11.4 Å². The van der Waals surface area contributed by atoms with E-state index >= 15 is 0 Å². The lowest BCUT2D eigenvalue weighted by atomic mass is 9.77. The van der Waals surface area contributed by atoms with E-state index < -0.39 is 4.92 Å². The Bertz CT molecular complexity index is 881. The van der Waals surface area contributed by atoms with Crippen LogP contribution in [0.4, 0.5) is 15.8 Å². The molecule has 1 N–H and O–H groups in total. The zero-order valence-corrected chi connectivity index (χ0v) is 13.6. The molecule has 128 valence electrons. The quantitative estimate of drug-likeness (QED) is 0.505. The van der Waals surface area contributed by atoms with Crippen molar-refractivity contribution in [2.45, 2.75) is 18.4 Å². The van der Waals surface area contributed by atoms with Crippen molar-refractivity contribution in [1.29, 1.82) is 0 Å².